The maximum Gasteiger partial charge on any atom is 0.280 e. The Morgan fingerprint density at radius 1 is 1.38 bits per heavy atom. The molecule has 0 saturated heterocycles. The second-order valence-electron chi connectivity index (χ2n) is 4.65. The van der Waals surface area contributed by atoms with E-state index in [-0.39, 0.29) is 5.56 Å². The van der Waals surface area contributed by atoms with Crippen LogP contribution >= 0.6 is 11.6 Å². The summed E-state index contributed by atoms with van der Waals surface area (Å²) in [5.41, 5.74) is 1.98. The van der Waals surface area contributed by atoms with Gasteiger partial charge in [0.25, 0.3) is 5.56 Å². The van der Waals surface area contributed by atoms with Gasteiger partial charge in [-0.25, -0.2) is 4.68 Å². The van der Waals surface area contributed by atoms with Crippen molar-refractivity contribution in [2.45, 2.75) is 13.3 Å². The Hall–Kier alpha value is -1.85. The Bertz CT molecular complexity index is 671. The molecule has 5 nitrogen and oxygen atoms in total. The number of H-pyrrole nitrogens is 1. The number of aromatic nitrogens is 2. The zero-order chi connectivity index (χ0) is 15.2. The van der Waals surface area contributed by atoms with Gasteiger partial charge >= 0.3 is 0 Å². The van der Waals surface area contributed by atoms with Crippen LogP contribution in [0.3, 0.4) is 0 Å². The van der Waals surface area contributed by atoms with Gasteiger partial charge in [-0.15, -0.1) is 0 Å². The molecule has 0 spiro atoms. The minimum atomic E-state index is -0.120. The van der Waals surface area contributed by atoms with Crippen molar-refractivity contribution in [1.82, 2.24) is 9.78 Å². The fraction of sp³-hybridized carbons (Fsp3) is 0.333. The number of methoxy groups -OCH3 is 1. The van der Waals surface area contributed by atoms with Gasteiger partial charge in [0.1, 0.15) is 0 Å². The van der Waals surface area contributed by atoms with Gasteiger partial charge in [0.05, 0.1) is 11.3 Å². The molecule has 1 aromatic carbocycles. The summed E-state index contributed by atoms with van der Waals surface area (Å²) in [4.78, 5) is 16.6. The van der Waals surface area contributed by atoms with Crippen molar-refractivity contribution in [1.29, 1.82) is 0 Å². The Labute approximate surface area is 128 Å². The maximum atomic E-state index is 12.4. The third kappa shape index (κ3) is 3.83. The molecular formula is C15H18ClN3O2. The van der Waals surface area contributed by atoms with Gasteiger partial charge in [-0.05, 0) is 37.6 Å². The SMILES string of the molecule is COCCCN=Cc1c(C)[nH]n(-c2ccc(Cl)cc2)c1=O. The van der Waals surface area contributed by atoms with Crippen molar-refractivity contribution < 1.29 is 4.74 Å². The monoisotopic (exact) mass is 307 g/mol. The summed E-state index contributed by atoms with van der Waals surface area (Å²) in [5, 5.41) is 3.68. The van der Waals surface area contributed by atoms with Gasteiger partial charge in [0.15, 0.2) is 0 Å². The molecule has 0 unspecified atom stereocenters. The average molecular weight is 308 g/mol. The highest BCUT2D eigenvalue weighted by Gasteiger charge is 2.10. The van der Waals surface area contributed by atoms with Gasteiger partial charge in [-0.2, -0.15) is 0 Å². The molecule has 0 radical (unpaired) electrons. The molecule has 0 saturated carbocycles. The molecular weight excluding hydrogens is 290 g/mol. The molecule has 2 aromatic rings. The lowest BCUT2D eigenvalue weighted by atomic mass is 10.3. The Morgan fingerprint density at radius 2 is 2.10 bits per heavy atom. The summed E-state index contributed by atoms with van der Waals surface area (Å²) in [6.07, 6.45) is 2.46. The number of hydrogen-bond acceptors (Lipinski definition) is 3. The predicted octanol–water partition coefficient (Wildman–Crippen LogP) is 2.58. The molecule has 2 rings (SSSR count). The summed E-state index contributed by atoms with van der Waals surface area (Å²) in [7, 11) is 1.66. The minimum absolute atomic E-state index is 0.120. The van der Waals surface area contributed by atoms with Crippen LogP contribution < -0.4 is 5.56 Å². The maximum absolute atomic E-state index is 12.4. The van der Waals surface area contributed by atoms with Gasteiger partial charge < -0.3 is 4.74 Å². The summed E-state index contributed by atoms with van der Waals surface area (Å²) < 4.78 is 6.44. The first-order valence-electron chi connectivity index (χ1n) is 6.70. The largest absolute Gasteiger partial charge is 0.385 e. The first kappa shape index (κ1) is 15.5. The van der Waals surface area contributed by atoms with Crippen molar-refractivity contribution >= 4 is 17.8 Å². The third-order valence-corrected chi connectivity index (χ3v) is 3.31. The Kier molecular flexibility index (Phi) is 5.36. The average Bonchev–Trinajstić information content (AvgIpc) is 2.75. The molecule has 1 heterocycles. The molecule has 21 heavy (non-hydrogen) atoms. The quantitative estimate of drug-likeness (QED) is 0.658. The number of aliphatic imine (C=N–C) groups is 1. The summed E-state index contributed by atoms with van der Waals surface area (Å²) in [6.45, 7) is 3.15. The Morgan fingerprint density at radius 3 is 2.76 bits per heavy atom. The van der Waals surface area contributed by atoms with E-state index in [4.69, 9.17) is 16.3 Å². The smallest absolute Gasteiger partial charge is 0.280 e. The van der Waals surface area contributed by atoms with Crippen molar-refractivity contribution in [3.63, 3.8) is 0 Å². The van der Waals surface area contributed by atoms with Crippen molar-refractivity contribution in [2.75, 3.05) is 20.3 Å². The van der Waals surface area contributed by atoms with Crippen LogP contribution in [0, 0.1) is 6.92 Å². The van der Waals surface area contributed by atoms with E-state index in [0.29, 0.717) is 23.7 Å². The second-order valence-corrected chi connectivity index (χ2v) is 5.09. The van der Waals surface area contributed by atoms with E-state index in [2.05, 4.69) is 10.1 Å². The molecule has 6 heteroatoms. The van der Waals surface area contributed by atoms with Crippen molar-refractivity contribution in [3.05, 3.63) is 50.9 Å². The lowest BCUT2D eigenvalue weighted by Crippen LogP contribution is -2.17. The van der Waals surface area contributed by atoms with Gasteiger partial charge in [-0.3, -0.25) is 14.9 Å². The van der Waals surface area contributed by atoms with Crippen LogP contribution in [0.2, 0.25) is 5.02 Å². The number of aromatic amines is 1. The normalized spacial score (nSPS) is 11.4. The lowest BCUT2D eigenvalue weighted by molar-refractivity contribution is 0.197. The van der Waals surface area contributed by atoms with E-state index in [1.165, 1.54) is 4.68 Å². The minimum Gasteiger partial charge on any atom is -0.385 e. The van der Waals surface area contributed by atoms with Crippen molar-refractivity contribution in [3.8, 4) is 5.69 Å². The third-order valence-electron chi connectivity index (χ3n) is 3.06. The molecule has 112 valence electrons. The highest BCUT2D eigenvalue weighted by atomic mass is 35.5. The number of benzene rings is 1. The molecule has 0 bridgehead atoms. The fourth-order valence-corrected chi connectivity index (χ4v) is 2.07. The number of hydrogen-bond donors (Lipinski definition) is 1. The van der Waals surface area contributed by atoms with E-state index in [9.17, 15) is 4.79 Å². The molecule has 0 amide bonds. The van der Waals surface area contributed by atoms with Gasteiger partial charge in [0.2, 0.25) is 0 Å². The van der Waals surface area contributed by atoms with Crippen LogP contribution in [0.4, 0.5) is 0 Å². The predicted molar refractivity (Wildman–Crippen MR) is 85.1 cm³/mol. The van der Waals surface area contributed by atoms with Crippen LogP contribution in [-0.4, -0.2) is 36.3 Å². The zero-order valence-corrected chi connectivity index (χ0v) is 12.9. The number of halogens is 1. The first-order valence-corrected chi connectivity index (χ1v) is 7.07. The number of aryl methyl sites for hydroxylation is 1. The highest BCUT2D eigenvalue weighted by molar-refractivity contribution is 6.30. The standard InChI is InChI=1S/C15H18ClN3O2/c1-11-14(10-17-8-3-9-21-2)15(20)19(18-11)13-6-4-12(16)5-7-13/h4-7,10,18H,3,8-9H2,1-2H3. The van der Waals surface area contributed by atoms with Gasteiger partial charge in [-0.1, -0.05) is 11.6 Å². The van der Waals surface area contributed by atoms with Crippen LogP contribution in [-0.2, 0) is 4.74 Å². The number of rotatable bonds is 6. The molecule has 1 aromatic heterocycles. The molecule has 0 aliphatic heterocycles. The van der Waals surface area contributed by atoms with E-state index in [0.717, 1.165) is 17.8 Å². The summed E-state index contributed by atoms with van der Waals surface area (Å²) in [5.74, 6) is 0. The molecule has 1 N–H and O–H groups in total. The topological polar surface area (TPSA) is 59.4 Å². The summed E-state index contributed by atoms with van der Waals surface area (Å²) >= 11 is 5.86. The lowest BCUT2D eigenvalue weighted by Gasteiger charge is -2.00. The van der Waals surface area contributed by atoms with Crippen LogP contribution in [0.15, 0.2) is 34.1 Å². The second kappa shape index (κ2) is 7.24. The van der Waals surface area contributed by atoms with Crippen LogP contribution in [0.25, 0.3) is 5.69 Å². The summed E-state index contributed by atoms with van der Waals surface area (Å²) in [6, 6.07) is 7.08. The molecule has 0 aliphatic rings. The van der Waals surface area contributed by atoms with E-state index < -0.39 is 0 Å². The van der Waals surface area contributed by atoms with E-state index >= 15 is 0 Å². The fourth-order valence-electron chi connectivity index (χ4n) is 1.94. The Balaban J connectivity index is 2.21. The van der Waals surface area contributed by atoms with Crippen molar-refractivity contribution in [2.24, 2.45) is 4.99 Å². The number of nitrogens with zero attached hydrogens (tertiary/aromatic N) is 2. The number of ether oxygens (including phenoxy) is 1. The number of nitrogens with one attached hydrogen (secondary N) is 1. The van der Waals surface area contributed by atoms with E-state index in [1.54, 1.807) is 37.6 Å². The van der Waals surface area contributed by atoms with Crippen LogP contribution in [0.1, 0.15) is 17.7 Å². The highest BCUT2D eigenvalue weighted by Crippen LogP contribution is 2.12. The molecule has 0 atom stereocenters. The van der Waals surface area contributed by atoms with E-state index in [1.807, 2.05) is 6.92 Å². The zero-order valence-electron chi connectivity index (χ0n) is 12.1. The molecule has 0 aliphatic carbocycles. The van der Waals surface area contributed by atoms with Gasteiger partial charge in [0, 0.05) is 37.2 Å². The van der Waals surface area contributed by atoms with Crippen LogP contribution in [0.5, 0.6) is 0 Å². The molecule has 0 fully saturated rings. The first-order chi connectivity index (χ1) is 10.1.